The minimum absolute atomic E-state index is 0.0555. The van der Waals surface area contributed by atoms with Gasteiger partial charge in [-0.25, -0.2) is 0 Å². The first kappa shape index (κ1) is 28.1. The predicted octanol–water partition coefficient (Wildman–Crippen LogP) is 1.84. The molecule has 2 N–H and O–H groups in total. The second-order valence-corrected chi connectivity index (χ2v) is 10.8. The van der Waals surface area contributed by atoms with Gasteiger partial charge in [0.05, 0.1) is 12.0 Å². The van der Waals surface area contributed by atoms with Gasteiger partial charge in [0.1, 0.15) is 18.3 Å². The summed E-state index contributed by atoms with van der Waals surface area (Å²) in [6.07, 6.45) is -2.79. The van der Waals surface area contributed by atoms with E-state index in [1.54, 1.807) is 26.8 Å². The third-order valence-corrected chi connectivity index (χ3v) is 8.41. The standard InChI is InChI=1S/C26H38O10/c1-12-8-9-19(33-15(4)27)25(7)20(34-16(5)28)11-18(30)13(2)22(25)23(35-17(6)29)26(32)14(3)24(31)36-21(26)10-12/h10,13-14,18-23,30,32H,8-9,11H2,1-7H3/b12-10-/t13-,14-,18+,19-,20-,21-,22+,23?,25-,26+/m1/s1. The molecule has 10 heteroatoms. The van der Waals surface area contributed by atoms with Crippen LogP contribution in [-0.4, -0.2) is 70.2 Å². The van der Waals surface area contributed by atoms with Crippen LogP contribution in [0, 0.1) is 23.2 Å². The number of allylic oxidation sites excluding steroid dienone is 1. The predicted molar refractivity (Wildman–Crippen MR) is 125 cm³/mol. The van der Waals surface area contributed by atoms with E-state index in [9.17, 15) is 29.4 Å². The molecule has 0 aromatic heterocycles. The van der Waals surface area contributed by atoms with Gasteiger partial charge in [0, 0.05) is 38.5 Å². The molecule has 3 aliphatic rings. The van der Waals surface area contributed by atoms with E-state index in [0.717, 1.165) is 5.57 Å². The minimum Gasteiger partial charge on any atom is -0.462 e. The van der Waals surface area contributed by atoms with Crippen LogP contribution in [0.1, 0.15) is 67.7 Å². The van der Waals surface area contributed by atoms with Crippen molar-refractivity contribution in [2.75, 3.05) is 0 Å². The number of hydrogen-bond donors (Lipinski definition) is 2. The van der Waals surface area contributed by atoms with Crippen LogP contribution in [0.5, 0.6) is 0 Å². The molecule has 1 saturated carbocycles. The Bertz CT molecular complexity index is 943. The molecule has 0 spiro atoms. The minimum atomic E-state index is -2.00. The lowest BCUT2D eigenvalue weighted by atomic mass is 9.52. The molecule has 0 aromatic rings. The lowest BCUT2D eigenvalue weighted by molar-refractivity contribution is -0.250. The zero-order valence-electron chi connectivity index (χ0n) is 22.0. The number of carbonyl (C=O) groups excluding carboxylic acids is 4. The number of aliphatic hydroxyl groups is 2. The lowest BCUT2D eigenvalue weighted by Crippen LogP contribution is -2.68. The maximum atomic E-state index is 12.7. The number of rotatable bonds is 3. The van der Waals surface area contributed by atoms with Gasteiger partial charge in [-0.1, -0.05) is 19.4 Å². The molecule has 2 fully saturated rings. The van der Waals surface area contributed by atoms with Gasteiger partial charge in [0.2, 0.25) is 0 Å². The zero-order chi connectivity index (χ0) is 27.2. The van der Waals surface area contributed by atoms with Crippen molar-refractivity contribution in [2.45, 2.75) is 104 Å². The van der Waals surface area contributed by atoms with E-state index in [0.29, 0.717) is 12.8 Å². The van der Waals surface area contributed by atoms with Crippen molar-refractivity contribution in [1.29, 1.82) is 0 Å². The fraction of sp³-hybridized carbons (Fsp3) is 0.769. The number of fused-ring (bicyclic) bond motifs is 2. The van der Waals surface area contributed by atoms with Crippen LogP contribution >= 0.6 is 0 Å². The maximum Gasteiger partial charge on any atom is 0.312 e. The van der Waals surface area contributed by atoms with Crippen molar-refractivity contribution in [3.8, 4) is 0 Å². The molecule has 2 aliphatic carbocycles. The monoisotopic (exact) mass is 510 g/mol. The molecular weight excluding hydrogens is 472 g/mol. The van der Waals surface area contributed by atoms with Crippen molar-refractivity contribution in [3.05, 3.63) is 11.6 Å². The van der Waals surface area contributed by atoms with Gasteiger partial charge in [0.15, 0.2) is 11.7 Å². The van der Waals surface area contributed by atoms with E-state index < -0.39 is 83.2 Å². The van der Waals surface area contributed by atoms with Crippen LogP contribution in [0.2, 0.25) is 0 Å². The summed E-state index contributed by atoms with van der Waals surface area (Å²) in [5.74, 6) is -5.08. The summed E-state index contributed by atoms with van der Waals surface area (Å²) in [5, 5.41) is 23.3. The van der Waals surface area contributed by atoms with Crippen LogP contribution in [0.15, 0.2) is 11.6 Å². The highest BCUT2D eigenvalue weighted by Crippen LogP contribution is 2.56. The van der Waals surface area contributed by atoms with Gasteiger partial charge in [-0.05, 0) is 38.7 Å². The van der Waals surface area contributed by atoms with Crippen molar-refractivity contribution >= 4 is 23.9 Å². The third-order valence-electron chi connectivity index (χ3n) is 8.41. The molecule has 1 saturated heterocycles. The van der Waals surface area contributed by atoms with Gasteiger partial charge in [0.25, 0.3) is 0 Å². The molecule has 36 heavy (non-hydrogen) atoms. The van der Waals surface area contributed by atoms with Crippen LogP contribution < -0.4 is 0 Å². The fourth-order valence-corrected chi connectivity index (χ4v) is 6.47. The molecule has 1 aliphatic heterocycles. The van der Waals surface area contributed by atoms with E-state index in [-0.39, 0.29) is 6.42 Å². The number of hydrogen-bond acceptors (Lipinski definition) is 10. The SMILES string of the molecule is CC(=O)OC1[C@@H]2[C@H](C)[C@@H](O)C[C@@H](OC(C)=O)[C@@]2(C)[C@H](OC(C)=O)CC/C(C)=C\[C@H]2OC(=O)[C@@H](C)[C@@]12O. The van der Waals surface area contributed by atoms with Crippen molar-refractivity contribution < 1.29 is 48.3 Å². The first-order chi connectivity index (χ1) is 16.6. The van der Waals surface area contributed by atoms with E-state index in [4.69, 9.17) is 18.9 Å². The second kappa shape index (κ2) is 10.1. The number of aliphatic hydroxyl groups excluding tert-OH is 1. The quantitative estimate of drug-likeness (QED) is 0.328. The van der Waals surface area contributed by atoms with Gasteiger partial charge in [-0.3, -0.25) is 19.2 Å². The van der Waals surface area contributed by atoms with Gasteiger partial charge < -0.3 is 29.2 Å². The maximum absolute atomic E-state index is 12.7. The molecule has 0 radical (unpaired) electrons. The normalized spacial score (nSPS) is 44.1. The second-order valence-electron chi connectivity index (χ2n) is 10.8. The highest BCUT2D eigenvalue weighted by Gasteiger charge is 2.68. The molecule has 1 unspecified atom stereocenters. The number of ether oxygens (including phenoxy) is 4. The fourth-order valence-electron chi connectivity index (χ4n) is 6.47. The van der Waals surface area contributed by atoms with Crippen LogP contribution in [0.4, 0.5) is 0 Å². The van der Waals surface area contributed by atoms with Crippen LogP contribution in [0.3, 0.4) is 0 Å². The third kappa shape index (κ3) is 4.77. The average Bonchev–Trinajstić information content (AvgIpc) is 2.97. The van der Waals surface area contributed by atoms with Gasteiger partial charge in [-0.2, -0.15) is 0 Å². The Labute approximate surface area is 211 Å². The Morgan fingerprint density at radius 2 is 1.58 bits per heavy atom. The summed E-state index contributed by atoms with van der Waals surface area (Å²) in [4.78, 5) is 49.6. The molecule has 10 atom stereocenters. The summed E-state index contributed by atoms with van der Waals surface area (Å²) in [6.45, 7) is 10.5. The largest absolute Gasteiger partial charge is 0.462 e. The van der Waals surface area contributed by atoms with Crippen LogP contribution in [0.25, 0.3) is 0 Å². The van der Waals surface area contributed by atoms with Crippen molar-refractivity contribution in [2.24, 2.45) is 23.2 Å². The summed E-state index contributed by atoms with van der Waals surface area (Å²) in [5.41, 5.74) is -2.44. The lowest BCUT2D eigenvalue weighted by Gasteiger charge is -2.58. The molecule has 0 aromatic carbocycles. The Morgan fingerprint density at radius 3 is 2.14 bits per heavy atom. The summed E-state index contributed by atoms with van der Waals surface area (Å²) in [7, 11) is 0. The highest BCUT2D eigenvalue weighted by molar-refractivity contribution is 5.77. The summed E-state index contributed by atoms with van der Waals surface area (Å²) >= 11 is 0. The Morgan fingerprint density at radius 1 is 1.03 bits per heavy atom. The van der Waals surface area contributed by atoms with Crippen molar-refractivity contribution in [3.63, 3.8) is 0 Å². The molecule has 0 bridgehead atoms. The zero-order valence-corrected chi connectivity index (χ0v) is 22.0. The Hall–Kier alpha value is -2.46. The van der Waals surface area contributed by atoms with Crippen molar-refractivity contribution in [1.82, 2.24) is 0 Å². The molecule has 3 rings (SSSR count). The number of esters is 4. The molecule has 1 heterocycles. The summed E-state index contributed by atoms with van der Waals surface area (Å²) < 4.78 is 22.9. The van der Waals surface area contributed by atoms with Gasteiger partial charge in [-0.15, -0.1) is 0 Å². The van der Waals surface area contributed by atoms with Gasteiger partial charge >= 0.3 is 23.9 Å². The first-order valence-electron chi connectivity index (χ1n) is 12.4. The molecular formula is C26H38O10. The first-order valence-corrected chi connectivity index (χ1v) is 12.4. The molecule has 10 nitrogen and oxygen atoms in total. The smallest absolute Gasteiger partial charge is 0.312 e. The highest BCUT2D eigenvalue weighted by atomic mass is 16.6. The Kier molecular flexibility index (Phi) is 7.91. The average molecular weight is 511 g/mol. The summed E-state index contributed by atoms with van der Waals surface area (Å²) in [6, 6.07) is 0. The van der Waals surface area contributed by atoms with Crippen LogP contribution in [-0.2, 0) is 38.1 Å². The molecule has 202 valence electrons. The van der Waals surface area contributed by atoms with E-state index in [2.05, 4.69) is 0 Å². The van der Waals surface area contributed by atoms with E-state index in [1.165, 1.54) is 27.7 Å². The topological polar surface area (TPSA) is 146 Å². The Balaban J connectivity index is 2.36. The van der Waals surface area contributed by atoms with E-state index >= 15 is 0 Å². The number of carbonyl (C=O) groups is 4. The molecule has 0 amide bonds. The van der Waals surface area contributed by atoms with E-state index in [1.807, 2.05) is 0 Å².